The molecule has 2 N–H and O–H groups in total. The molecule has 2 aromatic carbocycles. The van der Waals surface area contributed by atoms with Gasteiger partial charge in [-0.2, -0.15) is 0 Å². The van der Waals surface area contributed by atoms with Crippen molar-refractivity contribution >= 4 is 29.9 Å². The second-order valence-electron chi connectivity index (χ2n) is 7.47. The monoisotopic (exact) mass is 539 g/mol. The number of halogens is 1. The number of benzene rings is 2. The van der Waals surface area contributed by atoms with Gasteiger partial charge < -0.3 is 24.8 Å². The van der Waals surface area contributed by atoms with Gasteiger partial charge in [-0.3, -0.25) is 4.99 Å². The fourth-order valence-corrected chi connectivity index (χ4v) is 3.53. The Bertz CT molecular complexity index is 839. The summed E-state index contributed by atoms with van der Waals surface area (Å²) >= 11 is 0. The highest BCUT2D eigenvalue weighted by atomic mass is 127. The molecule has 170 valence electrons. The summed E-state index contributed by atoms with van der Waals surface area (Å²) in [5.74, 6) is 2.58. The van der Waals surface area contributed by atoms with E-state index < -0.39 is 0 Å². The van der Waals surface area contributed by atoms with Gasteiger partial charge in [0.25, 0.3) is 0 Å². The van der Waals surface area contributed by atoms with E-state index in [2.05, 4.69) is 46.8 Å². The first kappa shape index (κ1) is 25.3. The van der Waals surface area contributed by atoms with Gasteiger partial charge in [-0.05, 0) is 49.4 Å². The van der Waals surface area contributed by atoms with Gasteiger partial charge in [0.05, 0.1) is 13.2 Å². The second kappa shape index (κ2) is 13.4. The van der Waals surface area contributed by atoms with Gasteiger partial charge in [-0.25, -0.2) is 0 Å². The summed E-state index contributed by atoms with van der Waals surface area (Å²) in [6, 6.07) is 14.4. The lowest BCUT2D eigenvalue weighted by molar-refractivity contribution is 0.0676. The minimum atomic E-state index is 0. The predicted octanol–water partition coefficient (Wildman–Crippen LogP) is 4.09. The highest BCUT2D eigenvalue weighted by Gasteiger charge is 2.17. The number of hydrogen-bond donors (Lipinski definition) is 2. The lowest BCUT2D eigenvalue weighted by Crippen LogP contribution is -2.38. The van der Waals surface area contributed by atoms with Crippen LogP contribution in [0.4, 0.5) is 0 Å². The third kappa shape index (κ3) is 7.88. The van der Waals surface area contributed by atoms with Gasteiger partial charge >= 0.3 is 0 Å². The zero-order chi connectivity index (χ0) is 21.2. The molecule has 3 rings (SSSR count). The Morgan fingerprint density at radius 3 is 2.71 bits per heavy atom. The Kier molecular flexibility index (Phi) is 10.9. The molecule has 0 amide bonds. The number of para-hydroxylation sites is 1. The fraction of sp³-hybridized carbons (Fsp3) is 0.458. The van der Waals surface area contributed by atoms with Crippen molar-refractivity contribution in [2.24, 2.45) is 4.99 Å². The Hall–Kier alpha value is -2.00. The van der Waals surface area contributed by atoms with Crippen LogP contribution in [0.2, 0.25) is 0 Å². The molecule has 1 heterocycles. The van der Waals surface area contributed by atoms with E-state index in [1.807, 2.05) is 18.2 Å². The van der Waals surface area contributed by atoms with Crippen LogP contribution in [0.25, 0.3) is 0 Å². The Morgan fingerprint density at radius 2 is 1.97 bits per heavy atom. The largest absolute Gasteiger partial charge is 0.496 e. The number of hydrogen-bond acceptors (Lipinski definition) is 4. The molecule has 2 aromatic rings. The van der Waals surface area contributed by atoms with E-state index in [-0.39, 0.29) is 30.1 Å². The first-order valence-electron chi connectivity index (χ1n) is 10.6. The fourth-order valence-electron chi connectivity index (χ4n) is 3.53. The maximum atomic E-state index is 6.09. The smallest absolute Gasteiger partial charge is 0.191 e. The van der Waals surface area contributed by atoms with Gasteiger partial charge in [0.15, 0.2) is 5.96 Å². The number of methoxy groups -OCH3 is 1. The van der Waals surface area contributed by atoms with Crippen molar-refractivity contribution in [3.8, 4) is 11.5 Å². The van der Waals surface area contributed by atoms with Crippen molar-refractivity contribution < 1.29 is 14.2 Å². The van der Waals surface area contributed by atoms with E-state index in [9.17, 15) is 0 Å². The summed E-state index contributed by atoms with van der Waals surface area (Å²) in [5.41, 5.74) is 3.46. The lowest BCUT2D eigenvalue weighted by atomic mass is 10.1. The van der Waals surface area contributed by atoms with Crippen LogP contribution in [0.3, 0.4) is 0 Å². The highest BCUT2D eigenvalue weighted by molar-refractivity contribution is 14.0. The van der Waals surface area contributed by atoms with Gasteiger partial charge in [-0.15, -0.1) is 24.0 Å². The van der Waals surface area contributed by atoms with E-state index in [4.69, 9.17) is 14.2 Å². The average Bonchev–Trinajstić information content (AvgIpc) is 3.29. The van der Waals surface area contributed by atoms with E-state index >= 15 is 0 Å². The van der Waals surface area contributed by atoms with Crippen LogP contribution in [0.5, 0.6) is 11.5 Å². The van der Waals surface area contributed by atoms with Crippen molar-refractivity contribution in [3.63, 3.8) is 0 Å². The van der Waals surface area contributed by atoms with Crippen molar-refractivity contribution in [3.05, 3.63) is 59.2 Å². The molecule has 0 bridgehead atoms. The minimum Gasteiger partial charge on any atom is -0.496 e. The van der Waals surface area contributed by atoms with Crippen LogP contribution in [0, 0.1) is 6.92 Å². The third-order valence-corrected chi connectivity index (χ3v) is 5.22. The predicted molar refractivity (Wildman–Crippen MR) is 136 cm³/mol. The molecule has 1 aliphatic rings. The maximum absolute atomic E-state index is 6.09. The van der Waals surface area contributed by atoms with E-state index in [0.29, 0.717) is 13.2 Å². The summed E-state index contributed by atoms with van der Waals surface area (Å²) < 4.78 is 17.2. The van der Waals surface area contributed by atoms with Gasteiger partial charge in [0, 0.05) is 32.3 Å². The normalized spacial score (nSPS) is 15.8. The first-order chi connectivity index (χ1) is 14.7. The van der Waals surface area contributed by atoms with Crippen LogP contribution in [-0.2, 0) is 17.7 Å². The van der Waals surface area contributed by atoms with Crippen LogP contribution in [0.15, 0.2) is 47.5 Å². The van der Waals surface area contributed by atoms with Crippen LogP contribution >= 0.6 is 24.0 Å². The summed E-state index contributed by atoms with van der Waals surface area (Å²) in [7, 11) is 3.48. The maximum Gasteiger partial charge on any atom is 0.191 e. The number of aryl methyl sites for hydroxylation is 1. The summed E-state index contributed by atoms with van der Waals surface area (Å²) in [5, 5.41) is 6.75. The molecule has 1 fully saturated rings. The molecule has 0 aromatic heterocycles. The molecule has 31 heavy (non-hydrogen) atoms. The zero-order valence-corrected chi connectivity index (χ0v) is 21.0. The number of rotatable bonds is 9. The summed E-state index contributed by atoms with van der Waals surface area (Å²) in [6.45, 7) is 4.91. The zero-order valence-electron chi connectivity index (χ0n) is 18.6. The van der Waals surface area contributed by atoms with Crippen molar-refractivity contribution in [2.45, 2.75) is 38.8 Å². The number of guanidine groups is 1. The second-order valence-corrected chi connectivity index (χ2v) is 7.47. The quantitative estimate of drug-likeness (QED) is 0.286. The van der Waals surface area contributed by atoms with E-state index in [1.54, 1.807) is 14.2 Å². The number of nitrogens with one attached hydrogen (secondary N) is 2. The summed E-state index contributed by atoms with van der Waals surface area (Å²) in [6.07, 6.45) is 3.25. The number of aliphatic imine (C=N–C) groups is 1. The van der Waals surface area contributed by atoms with E-state index in [1.165, 1.54) is 11.1 Å². The Morgan fingerprint density at radius 1 is 1.13 bits per heavy atom. The van der Waals surface area contributed by atoms with Crippen molar-refractivity contribution in [1.82, 2.24) is 10.6 Å². The molecule has 7 heteroatoms. The SMILES string of the molecule is CN=C(NCCc1ccccc1OC)NCc1ccc(C)cc1OCC1CCCO1.I. The molecule has 0 aliphatic carbocycles. The molecule has 0 saturated carbocycles. The standard InChI is InChI=1S/C24H33N3O3.HI/c1-18-10-11-20(23(15-18)30-17-21-8-6-14-29-21)16-27-24(25-2)26-13-12-19-7-4-5-9-22(19)28-3;/h4-5,7,9-11,15,21H,6,8,12-14,16-17H2,1-3H3,(H2,25,26,27);1H. The topological polar surface area (TPSA) is 64.1 Å². The molecular formula is C24H34IN3O3. The number of nitrogens with zero attached hydrogens (tertiary/aromatic N) is 1. The third-order valence-electron chi connectivity index (χ3n) is 5.22. The van der Waals surface area contributed by atoms with E-state index in [0.717, 1.165) is 55.4 Å². The average molecular weight is 539 g/mol. The van der Waals surface area contributed by atoms with Crippen molar-refractivity contribution in [1.29, 1.82) is 0 Å². The first-order valence-corrected chi connectivity index (χ1v) is 10.6. The molecule has 6 nitrogen and oxygen atoms in total. The van der Waals surface area contributed by atoms with Crippen LogP contribution < -0.4 is 20.1 Å². The minimum absolute atomic E-state index is 0. The Labute approximate surface area is 202 Å². The molecule has 0 spiro atoms. The molecular weight excluding hydrogens is 505 g/mol. The molecule has 1 unspecified atom stereocenters. The molecule has 1 saturated heterocycles. The van der Waals surface area contributed by atoms with Crippen molar-refractivity contribution in [2.75, 3.05) is 33.9 Å². The molecule has 1 aliphatic heterocycles. The van der Waals surface area contributed by atoms with Crippen LogP contribution in [0.1, 0.15) is 29.5 Å². The molecule has 0 radical (unpaired) electrons. The van der Waals surface area contributed by atoms with Gasteiger partial charge in [-0.1, -0.05) is 30.3 Å². The summed E-state index contributed by atoms with van der Waals surface area (Å²) in [4.78, 5) is 4.34. The van der Waals surface area contributed by atoms with Gasteiger partial charge in [0.2, 0.25) is 0 Å². The lowest BCUT2D eigenvalue weighted by Gasteiger charge is -2.17. The van der Waals surface area contributed by atoms with Crippen LogP contribution in [-0.4, -0.2) is 46.0 Å². The highest BCUT2D eigenvalue weighted by Crippen LogP contribution is 2.22. The Balaban J connectivity index is 0.00000341. The molecule has 1 atom stereocenters. The van der Waals surface area contributed by atoms with Gasteiger partial charge in [0.1, 0.15) is 18.1 Å². The number of ether oxygens (including phenoxy) is 3.